The lowest BCUT2D eigenvalue weighted by Crippen LogP contribution is -1.96. The zero-order chi connectivity index (χ0) is 11.1. The van der Waals surface area contributed by atoms with E-state index >= 15 is 0 Å². The summed E-state index contributed by atoms with van der Waals surface area (Å²) in [7, 11) is 0. The molecule has 0 heterocycles. The number of rotatable bonds is 4. The van der Waals surface area contributed by atoms with Gasteiger partial charge in [0, 0.05) is 5.37 Å². The van der Waals surface area contributed by atoms with Crippen LogP contribution in [0.25, 0.3) is 0 Å². The minimum Gasteiger partial charge on any atom is -0.404 e. The number of nitrogens with two attached hydrogens (primary N) is 1. The Labute approximate surface area is 92.4 Å². The Balaban J connectivity index is 4.82. The fourth-order valence-electron chi connectivity index (χ4n) is 1.00. The Bertz CT molecular complexity index is 283. The van der Waals surface area contributed by atoms with Crippen molar-refractivity contribution in [3.63, 3.8) is 0 Å². The number of hydrogen-bond acceptors (Lipinski definition) is 2. The van der Waals surface area contributed by atoms with Crippen molar-refractivity contribution in [2.75, 3.05) is 0 Å². The van der Waals surface area contributed by atoms with Crippen LogP contribution in [0.4, 0.5) is 0 Å². The molecule has 0 atom stereocenters. The van der Waals surface area contributed by atoms with Crippen molar-refractivity contribution in [1.82, 2.24) is 0 Å². The van der Waals surface area contributed by atoms with E-state index in [4.69, 9.17) is 18.0 Å². The first kappa shape index (κ1) is 13.1. The van der Waals surface area contributed by atoms with Gasteiger partial charge in [-0.3, -0.25) is 0 Å². The fourth-order valence-corrected chi connectivity index (χ4v) is 1.21. The number of thiocarbonyl (C=S) groups is 1. The molecule has 0 aliphatic heterocycles. The normalized spacial score (nSPS) is 14.8. The molecule has 0 fully saturated rings. The summed E-state index contributed by atoms with van der Waals surface area (Å²) in [5.74, 6) is 0.454. The molecule has 2 heteroatoms. The molecule has 0 aromatic carbocycles. The topological polar surface area (TPSA) is 26.0 Å². The molecule has 0 rings (SSSR count). The van der Waals surface area contributed by atoms with Crippen LogP contribution in [0.15, 0.2) is 35.1 Å². The van der Waals surface area contributed by atoms with E-state index in [-0.39, 0.29) is 0 Å². The van der Waals surface area contributed by atoms with Gasteiger partial charge in [0.1, 0.15) is 0 Å². The summed E-state index contributed by atoms with van der Waals surface area (Å²) in [6.45, 7) is 8.36. The molecule has 78 valence electrons. The van der Waals surface area contributed by atoms with Gasteiger partial charge in [-0.15, -0.1) is 0 Å². The Hall–Kier alpha value is -0.890. The van der Waals surface area contributed by atoms with Crippen LogP contribution in [0.1, 0.15) is 27.7 Å². The van der Waals surface area contributed by atoms with Gasteiger partial charge in [0.15, 0.2) is 0 Å². The van der Waals surface area contributed by atoms with Gasteiger partial charge in [-0.25, -0.2) is 0 Å². The zero-order valence-electron chi connectivity index (χ0n) is 9.37. The summed E-state index contributed by atoms with van der Waals surface area (Å²) in [6.07, 6.45) is 5.70. The lowest BCUT2D eigenvalue weighted by Gasteiger charge is -2.07. The monoisotopic (exact) mass is 209 g/mol. The molecule has 0 aliphatic carbocycles. The third-order valence-corrected chi connectivity index (χ3v) is 2.32. The number of hydrogen-bond donors (Lipinski definition) is 1. The summed E-state index contributed by atoms with van der Waals surface area (Å²) in [5.41, 5.74) is 9.08. The van der Waals surface area contributed by atoms with Crippen LogP contribution in [0.2, 0.25) is 0 Å². The second kappa shape index (κ2) is 6.55. The molecule has 0 amide bonds. The summed E-state index contributed by atoms with van der Waals surface area (Å²) >= 11 is 4.77. The summed E-state index contributed by atoms with van der Waals surface area (Å²) < 4.78 is 0. The predicted octanol–water partition coefficient (Wildman–Crippen LogP) is 3.38. The van der Waals surface area contributed by atoms with Gasteiger partial charge in [0.05, 0.1) is 0 Å². The maximum Gasteiger partial charge on any atom is 0.00162 e. The first-order valence-electron chi connectivity index (χ1n) is 4.75. The maximum absolute atomic E-state index is 5.54. The Morgan fingerprint density at radius 1 is 1.21 bits per heavy atom. The molecule has 0 aromatic rings. The largest absolute Gasteiger partial charge is 0.404 e. The van der Waals surface area contributed by atoms with Crippen LogP contribution in [-0.2, 0) is 0 Å². The Kier molecular flexibility index (Phi) is 6.13. The van der Waals surface area contributed by atoms with Gasteiger partial charge in [-0.05, 0) is 48.8 Å². The van der Waals surface area contributed by atoms with Crippen molar-refractivity contribution in [2.24, 2.45) is 11.7 Å². The van der Waals surface area contributed by atoms with Crippen molar-refractivity contribution < 1.29 is 0 Å². The highest BCUT2D eigenvalue weighted by molar-refractivity contribution is 7.79. The number of allylic oxidation sites excluding steroid dienone is 5. The third-order valence-electron chi connectivity index (χ3n) is 2.18. The van der Waals surface area contributed by atoms with E-state index in [0.29, 0.717) is 5.92 Å². The molecule has 2 N–H and O–H groups in total. The quantitative estimate of drug-likeness (QED) is 0.436. The van der Waals surface area contributed by atoms with Gasteiger partial charge in [0.25, 0.3) is 0 Å². The first-order chi connectivity index (χ1) is 6.52. The third kappa shape index (κ3) is 4.38. The predicted molar refractivity (Wildman–Crippen MR) is 68.3 cm³/mol. The van der Waals surface area contributed by atoms with Gasteiger partial charge < -0.3 is 5.73 Å². The summed E-state index contributed by atoms with van der Waals surface area (Å²) in [5, 5.41) is 1.63. The van der Waals surface area contributed by atoms with Crippen molar-refractivity contribution in [1.29, 1.82) is 0 Å². The second-order valence-corrected chi connectivity index (χ2v) is 3.91. The van der Waals surface area contributed by atoms with E-state index in [1.807, 2.05) is 13.0 Å². The first-order valence-corrected chi connectivity index (χ1v) is 5.22. The summed E-state index contributed by atoms with van der Waals surface area (Å²) in [4.78, 5) is 0. The molecule has 0 radical (unpaired) electrons. The van der Waals surface area contributed by atoms with Gasteiger partial charge >= 0.3 is 0 Å². The van der Waals surface area contributed by atoms with E-state index in [1.54, 1.807) is 11.6 Å². The molecule has 0 spiro atoms. The van der Waals surface area contributed by atoms with E-state index in [9.17, 15) is 0 Å². The zero-order valence-corrected chi connectivity index (χ0v) is 10.2. The van der Waals surface area contributed by atoms with E-state index in [2.05, 4.69) is 26.8 Å². The van der Waals surface area contributed by atoms with E-state index < -0.39 is 0 Å². The molecular weight excluding hydrogens is 190 g/mol. The molecule has 0 aromatic heterocycles. The van der Waals surface area contributed by atoms with Crippen LogP contribution in [0.3, 0.4) is 0 Å². The van der Waals surface area contributed by atoms with E-state index in [1.165, 1.54) is 11.1 Å². The molecule has 0 aliphatic rings. The van der Waals surface area contributed by atoms with Crippen LogP contribution >= 0.6 is 12.2 Å². The van der Waals surface area contributed by atoms with Crippen molar-refractivity contribution in [2.45, 2.75) is 27.7 Å². The molecule has 0 bridgehead atoms. The average molecular weight is 209 g/mol. The second-order valence-electron chi connectivity index (χ2n) is 3.63. The van der Waals surface area contributed by atoms with Gasteiger partial charge in [0.2, 0.25) is 0 Å². The average Bonchev–Trinajstić information content (AvgIpc) is 2.13. The van der Waals surface area contributed by atoms with Crippen molar-refractivity contribution in [3.8, 4) is 0 Å². The Morgan fingerprint density at radius 3 is 2.14 bits per heavy atom. The highest BCUT2D eigenvalue weighted by atomic mass is 32.1. The summed E-state index contributed by atoms with van der Waals surface area (Å²) in [6, 6.07) is 0. The van der Waals surface area contributed by atoms with Crippen molar-refractivity contribution in [3.05, 3.63) is 35.1 Å². The van der Waals surface area contributed by atoms with Gasteiger partial charge in [-0.1, -0.05) is 32.1 Å². The van der Waals surface area contributed by atoms with Crippen LogP contribution in [0, 0.1) is 5.92 Å². The van der Waals surface area contributed by atoms with Crippen LogP contribution < -0.4 is 5.73 Å². The molecule has 14 heavy (non-hydrogen) atoms. The van der Waals surface area contributed by atoms with E-state index in [0.717, 1.165) is 5.57 Å². The SMILES string of the molecule is CC(=CC=S)C(C)=CC(=CN)C(C)C. The van der Waals surface area contributed by atoms with Crippen LogP contribution in [0.5, 0.6) is 0 Å². The fraction of sp³-hybridized carbons (Fsp3) is 0.417. The minimum atomic E-state index is 0.454. The maximum atomic E-state index is 5.54. The highest BCUT2D eigenvalue weighted by Crippen LogP contribution is 2.16. The van der Waals surface area contributed by atoms with Gasteiger partial charge in [-0.2, -0.15) is 0 Å². The van der Waals surface area contributed by atoms with Crippen LogP contribution in [-0.4, -0.2) is 5.37 Å². The molecular formula is C12H19NS. The molecule has 0 saturated carbocycles. The lowest BCUT2D eigenvalue weighted by molar-refractivity contribution is 0.786. The van der Waals surface area contributed by atoms with Crippen molar-refractivity contribution >= 4 is 17.6 Å². The Morgan fingerprint density at radius 2 is 1.79 bits per heavy atom. The highest BCUT2D eigenvalue weighted by Gasteiger charge is 2.00. The smallest absolute Gasteiger partial charge is 0.00162 e. The minimum absolute atomic E-state index is 0.454. The molecule has 0 unspecified atom stereocenters. The molecule has 0 saturated heterocycles. The standard InChI is InChI=1S/C12H19NS/c1-9(2)12(8-13)7-11(4)10(3)5-6-14/h5-9H,13H2,1-4H3. The lowest BCUT2D eigenvalue weighted by atomic mass is 9.99. The molecule has 1 nitrogen and oxygen atoms in total.